The molecule has 0 saturated carbocycles. The molecular weight excluding hydrogens is 777 g/mol. The number of aromatic nitrogens is 2. The first-order chi connectivity index (χ1) is 31.3. The zero-order valence-corrected chi connectivity index (χ0v) is 35.6. The van der Waals surface area contributed by atoms with Crippen molar-refractivity contribution >= 4 is 72.4 Å². The highest BCUT2D eigenvalue weighted by molar-refractivity contribution is 7.20. The molecule has 0 aliphatic heterocycles. The first-order valence-corrected chi connectivity index (χ1v) is 23.8. The molecule has 63 heavy (non-hydrogen) atoms. The Morgan fingerprint density at radius 3 is 1.29 bits per heavy atom. The zero-order valence-electron chi connectivity index (χ0n) is 34.6. The minimum atomic E-state index is -3.05. The fraction of sp³-hybridized carbons (Fsp3) is 0. The molecule has 0 radical (unpaired) electrons. The summed E-state index contributed by atoms with van der Waals surface area (Å²) in [4.78, 5) is 0. The van der Waals surface area contributed by atoms with E-state index in [0.717, 1.165) is 11.4 Å². The lowest BCUT2D eigenvalue weighted by molar-refractivity contribution is 1.17. The summed E-state index contributed by atoms with van der Waals surface area (Å²) in [6.07, 6.45) is 0. The molecule has 0 saturated heterocycles. The molecule has 296 valence electrons. The minimum absolute atomic E-state index is 1.14. The van der Waals surface area contributed by atoms with Crippen LogP contribution in [0.5, 0.6) is 0 Å². The number of hydrogen-bond donors (Lipinski definition) is 0. The van der Waals surface area contributed by atoms with E-state index in [0.29, 0.717) is 0 Å². The summed E-state index contributed by atoms with van der Waals surface area (Å²) < 4.78 is 5.01. The highest BCUT2D eigenvalue weighted by atomic mass is 28.3. The van der Waals surface area contributed by atoms with Crippen LogP contribution in [0.15, 0.2) is 255 Å². The maximum absolute atomic E-state index is 3.05. The van der Waals surface area contributed by atoms with E-state index in [4.69, 9.17) is 0 Å². The quantitative estimate of drug-likeness (QED) is 0.107. The minimum Gasteiger partial charge on any atom is -0.309 e. The highest BCUT2D eigenvalue weighted by Gasteiger charge is 2.44. The van der Waals surface area contributed by atoms with E-state index in [1.54, 1.807) is 0 Å². The number of para-hydroxylation sites is 2. The van der Waals surface area contributed by atoms with Gasteiger partial charge in [-0.05, 0) is 91.5 Å². The molecule has 0 bridgehead atoms. The van der Waals surface area contributed by atoms with Crippen LogP contribution < -0.4 is 20.7 Å². The second-order valence-electron chi connectivity index (χ2n) is 16.5. The van der Waals surface area contributed by atoms with Crippen molar-refractivity contribution in [2.45, 2.75) is 0 Å². The first-order valence-electron chi connectivity index (χ1n) is 21.8. The van der Waals surface area contributed by atoms with Crippen LogP contribution >= 0.6 is 0 Å². The molecule has 2 nitrogen and oxygen atoms in total. The van der Waals surface area contributed by atoms with E-state index in [1.807, 2.05) is 0 Å². The van der Waals surface area contributed by atoms with Gasteiger partial charge in [-0.2, -0.15) is 0 Å². The van der Waals surface area contributed by atoms with Gasteiger partial charge in [0.2, 0.25) is 0 Å². The molecule has 0 N–H and O–H groups in total. The van der Waals surface area contributed by atoms with E-state index in [2.05, 4.69) is 264 Å². The van der Waals surface area contributed by atoms with Crippen molar-refractivity contribution in [1.29, 1.82) is 0 Å². The smallest absolute Gasteiger partial charge is 0.181 e. The predicted octanol–water partition coefficient (Wildman–Crippen LogP) is 12.6. The third-order valence-corrected chi connectivity index (χ3v) is 17.8. The van der Waals surface area contributed by atoms with Crippen LogP contribution in [0.4, 0.5) is 0 Å². The predicted molar refractivity (Wildman–Crippen MR) is 270 cm³/mol. The lowest BCUT2D eigenvalue weighted by Gasteiger charge is -2.35. The van der Waals surface area contributed by atoms with Gasteiger partial charge >= 0.3 is 0 Å². The normalized spacial score (nSPS) is 11.8. The largest absolute Gasteiger partial charge is 0.309 e. The lowest BCUT2D eigenvalue weighted by atomic mass is 10.0. The molecule has 0 amide bonds. The second-order valence-corrected chi connectivity index (χ2v) is 20.2. The van der Waals surface area contributed by atoms with Crippen molar-refractivity contribution in [2.75, 3.05) is 0 Å². The van der Waals surface area contributed by atoms with Crippen molar-refractivity contribution in [3.05, 3.63) is 255 Å². The molecule has 0 atom stereocenters. The molecule has 0 aliphatic carbocycles. The van der Waals surface area contributed by atoms with E-state index in [9.17, 15) is 0 Å². The lowest BCUT2D eigenvalue weighted by Crippen LogP contribution is -2.75. The molecule has 2 heterocycles. The Labute approximate surface area is 368 Å². The molecule has 0 spiro atoms. The van der Waals surface area contributed by atoms with Gasteiger partial charge in [0, 0.05) is 32.9 Å². The molecular formula is C60H42N2Si. The van der Waals surface area contributed by atoms with Crippen molar-refractivity contribution in [2.24, 2.45) is 0 Å². The van der Waals surface area contributed by atoms with Gasteiger partial charge in [-0.15, -0.1) is 0 Å². The summed E-state index contributed by atoms with van der Waals surface area (Å²) in [5.74, 6) is 0. The average molecular weight is 819 g/mol. The fourth-order valence-electron chi connectivity index (χ4n) is 10.3. The molecule has 10 aromatic carbocycles. The summed E-state index contributed by atoms with van der Waals surface area (Å²) in [6.45, 7) is 0. The highest BCUT2D eigenvalue weighted by Crippen LogP contribution is 2.39. The van der Waals surface area contributed by atoms with Gasteiger partial charge in [0.05, 0.1) is 22.1 Å². The Morgan fingerprint density at radius 1 is 0.254 bits per heavy atom. The van der Waals surface area contributed by atoms with E-state index in [-0.39, 0.29) is 0 Å². The molecule has 0 fully saturated rings. The van der Waals surface area contributed by atoms with E-state index >= 15 is 0 Å². The summed E-state index contributed by atoms with van der Waals surface area (Å²) in [5.41, 5.74) is 11.9. The number of rotatable bonds is 8. The summed E-state index contributed by atoms with van der Waals surface area (Å²) in [6, 6.07) is 94.5. The van der Waals surface area contributed by atoms with Gasteiger partial charge in [0.15, 0.2) is 8.07 Å². The second kappa shape index (κ2) is 15.2. The number of nitrogens with zero attached hydrogens (tertiary/aromatic N) is 2. The van der Waals surface area contributed by atoms with Crippen LogP contribution in [0, 0.1) is 0 Å². The first kappa shape index (κ1) is 36.8. The van der Waals surface area contributed by atoms with Crippen molar-refractivity contribution in [1.82, 2.24) is 9.13 Å². The Bertz CT molecular complexity index is 3500. The van der Waals surface area contributed by atoms with Gasteiger partial charge in [-0.3, -0.25) is 0 Å². The molecule has 0 unspecified atom stereocenters. The zero-order chi connectivity index (χ0) is 41.7. The fourth-order valence-corrected chi connectivity index (χ4v) is 15.3. The van der Waals surface area contributed by atoms with Crippen LogP contribution in [0.3, 0.4) is 0 Å². The van der Waals surface area contributed by atoms with Crippen LogP contribution in [0.2, 0.25) is 0 Å². The van der Waals surface area contributed by atoms with Crippen LogP contribution in [-0.4, -0.2) is 17.2 Å². The summed E-state index contributed by atoms with van der Waals surface area (Å²) in [5, 5.41) is 10.4. The number of fused-ring (bicyclic) bond motifs is 6. The third kappa shape index (κ3) is 5.93. The Morgan fingerprint density at radius 2 is 0.698 bits per heavy atom. The van der Waals surface area contributed by atoms with E-state index < -0.39 is 8.07 Å². The van der Waals surface area contributed by atoms with E-state index in [1.165, 1.54) is 86.6 Å². The maximum atomic E-state index is 2.58. The van der Waals surface area contributed by atoms with Gasteiger partial charge in [-0.25, -0.2) is 0 Å². The monoisotopic (exact) mass is 818 g/mol. The standard InChI is InChI=1S/C60H42N2Si/c1-6-21-43(22-7-1)45-25-20-26-47(39-45)61-56-35-18-16-33-52(56)54-42-48(37-38-58(54)61)62-57-36-19-17-34-53(57)55-40-46(44-23-8-2-9-24-44)41-59(60(55)62)63(49-27-10-3-11-28-49,50-29-12-4-13-30-50)51-31-14-5-15-32-51/h1-42H. The Hall–Kier alpha value is -7.98. The maximum Gasteiger partial charge on any atom is 0.181 e. The molecule has 12 rings (SSSR count). The van der Waals surface area contributed by atoms with Crippen LogP contribution in [-0.2, 0) is 0 Å². The number of hydrogen-bond acceptors (Lipinski definition) is 0. The van der Waals surface area contributed by atoms with Crippen LogP contribution in [0.1, 0.15) is 0 Å². The van der Waals surface area contributed by atoms with Gasteiger partial charge in [-0.1, -0.05) is 206 Å². The van der Waals surface area contributed by atoms with Crippen molar-refractivity contribution in [3.63, 3.8) is 0 Å². The van der Waals surface area contributed by atoms with Gasteiger partial charge in [0.1, 0.15) is 0 Å². The Kier molecular flexibility index (Phi) is 8.87. The van der Waals surface area contributed by atoms with Crippen LogP contribution in [0.25, 0.3) is 77.2 Å². The third-order valence-electron chi connectivity index (χ3n) is 13.0. The summed E-state index contributed by atoms with van der Waals surface area (Å²) in [7, 11) is -3.05. The number of benzene rings is 10. The van der Waals surface area contributed by atoms with Crippen molar-refractivity contribution in [3.8, 4) is 33.6 Å². The van der Waals surface area contributed by atoms with Crippen molar-refractivity contribution < 1.29 is 0 Å². The molecule has 12 aromatic rings. The molecule has 3 heteroatoms. The SMILES string of the molecule is c1ccc(-c2cccc(-n3c4ccccc4c4cc(-n5c6ccccc6c6cc(-c7ccccc7)cc([Si](c7ccccc7)(c7ccccc7)c7ccccc7)c65)ccc43)c2)cc1. The Balaban J connectivity index is 1.21. The average Bonchev–Trinajstić information content (AvgIpc) is 3.88. The van der Waals surface area contributed by atoms with Gasteiger partial charge < -0.3 is 9.13 Å². The van der Waals surface area contributed by atoms with Gasteiger partial charge in [0.25, 0.3) is 0 Å². The molecule has 2 aromatic heterocycles. The summed E-state index contributed by atoms with van der Waals surface area (Å²) >= 11 is 0. The molecule has 0 aliphatic rings. The topological polar surface area (TPSA) is 9.86 Å².